The number of rotatable bonds is 4. The standard InChI is InChI=1S/C36H30S2/c1-4-5-6-13-23(2)24-18-11-19-29-30-20-12-21-32(35(30)37-33(24)29)36(3)22-31-27-16-8-7-14-25(27)26-15-9-10-17-28(26)34(31)38-36/h4-17,19-21,24H,1,18,22H2,2-3H3/b6-5-,23-13+. The molecule has 2 unspecified atom stereocenters. The van der Waals surface area contributed by atoms with Crippen LogP contribution in [0, 0.1) is 0 Å². The summed E-state index contributed by atoms with van der Waals surface area (Å²) in [5, 5.41) is 6.95. The van der Waals surface area contributed by atoms with Crippen LogP contribution < -0.4 is 0 Å². The SMILES string of the molecule is C=C/C=C\C=C(/C)C1CC=Cc2c1sc1c(C3(C)Cc4c(c5ccccc5c5ccccc45)S3)cccc21. The molecule has 1 aliphatic carbocycles. The Bertz CT molecular complexity index is 1780. The summed E-state index contributed by atoms with van der Waals surface area (Å²) in [6.07, 6.45) is 15.0. The van der Waals surface area contributed by atoms with Gasteiger partial charge in [-0.1, -0.05) is 115 Å². The third-order valence-corrected chi connectivity index (χ3v) is 11.2. The Morgan fingerprint density at radius 3 is 2.39 bits per heavy atom. The molecule has 0 amide bonds. The van der Waals surface area contributed by atoms with Crippen LogP contribution in [0.25, 0.3) is 37.7 Å². The summed E-state index contributed by atoms with van der Waals surface area (Å²) < 4.78 is 1.44. The minimum atomic E-state index is -0.0149. The molecule has 5 aromatic rings. The van der Waals surface area contributed by atoms with Gasteiger partial charge in [-0.2, -0.15) is 0 Å². The first-order valence-electron chi connectivity index (χ1n) is 13.4. The predicted molar refractivity (Wildman–Crippen MR) is 170 cm³/mol. The van der Waals surface area contributed by atoms with Crippen LogP contribution in [0.2, 0.25) is 0 Å². The molecular weight excluding hydrogens is 497 g/mol. The Labute approximate surface area is 233 Å². The predicted octanol–water partition coefficient (Wildman–Crippen LogP) is 11.0. The number of thiophene rings is 1. The summed E-state index contributed by atoms with van der Waals surface area (Å²) in [6.45, 7) is 8.55. The number of allylic oxidation sites excluding steroid dienone is 6. The second-order valence-corrected chi connectivity index (χ2v) is 13.3. The summed E-state index contributed by atoms with van der Waals surface area (Å²) >= 11 is 4.10. The van der Waals surface area contributed by atoms with Crippen molar-refractivity contribution >= 4 is 60.8 Å². The van der Waals surface area contributed by atoms with E-state index in [1.807, 2.05) is 23.5 Å². The lowest BCUT2D eigenvalue weighted by atomic mass is 9.86. The van der Waals surface area contributed by atoms with E-state index in [0.717, 1.165) is 12.8 Å². The maximum absolute atomic E-state index is 3.81. The van der Waals surface area contributed by atoms with Crippen molar-refractivity contribution in [3.05, 3.63) is 131 Å². The lowest BCUT2D eigenvalue weighted by Crippen LogP contribution is -2.16. The van der Waals surface area contributed by atoms with Crippen LogP contribution in [-0.2, 0) is 11.2 Å². The summed E-state index contributed by atoms with van der Waals surface area (Å²) in [5.74, 6) is 0.434. The third-order valence-electron chi connectivity index (χ3n) is 8.31. The maximum Gasteiger partial charge on any atom is 0.0482 e. The Balaban J connectivity index is 1.39. The fraction of sp³-hybridized carbons (Fsp3) is 0.167. The van der Waals surface area contributed by atoms with Crippen LogP contribution in [0.3, 0.4) is 0 Å². The van der Waals surface area contributed by atoms with E-state index in [4.69, 9.17) is 0 Å². The molecule has 2 heterocycles. The van der Waals surface area contributed by atoms with Gasteiger partial charge >= 0.3 is 0 Å². The number of benzene rings is 4. The molecule has 0 bridgehead atoms. The van der Waals surface area contributed by atoms with Crippen molar-refractivity contribution < 1.29 is 0 Å². The summed E-state index contributed by atoms with van der Waals surface area (Å²) in [6, 6.07) is 24.9. The Morgan fingerprint density at radius 2 is 1.61 bits per heavy atom. The van der Waals surface area contributed by atoms with Gasteiger partial charge in [-0.3, -0.25) is 0 Å². The zero-order chi connectivity index (χ0) is 25.9. The van der Waals surface area contributed by atoms with E-state index in [1.165, 1.54) is 63.7 Å². The fourth-order valence-corrected chi connectivity index (χ4v) is 9.68. The van der Waals surface area contributed by atoms with Gasteiger partial charge in [0.2, 0.25) is 0 Å². The van der Waals surface area contributed by atoms with E-state index in [2.05, 4.69) is 123 Å². The number of thioether (sulfide) groups is 1. The van der Waals surface area contributed by atoms with Crippen LogP contribution in [0.1, 0.15) is 47.8 Å². The van der Waals surface area contributed by atoms with Gasteiger partial charge in [0.25, 0.3) is 0 Å². The van der Waals surface area contributed by atoms with Gasteiger partial charge in [-0.05, 0) is 64.9 Å². The molecule has 38 heavy (non-hydrogen) atoms. The van der Waals surface area contributed by atoms with Crippen molar-refractivity contribution in [1.29, 1.82) is 0 Å². The molecule has 4 aromatic carbocycles. The van der Waals surface area contributed by atoms with Crippen molar-refractivity contribution in [3.63, 3.8) is 0 Å². The first-order chi connectivity index (χ1) is 18.6. The minimum Gasteiger partial charge on any atom is -0.139 e. The van der Waals surface area contributed by atoms with Gasteiger partial charge in [-0.15, -0.1) is 23.1 Å². The van der Waals surface area contributed by atoms with E-state index < -0.39 is 0 Å². The van der Waals surface area contributed by atoms with Crippen molar-refractivity contribution in [2.24, 2.45) is 0 Å². The van der Waals surface area contributed by atoms with Gasteiger partial charge in [0, 0.05) is 30.5 Å². The molecule has 0 fully saturated rings. The average molecular weight is 527 g/mol. The van der Waals surface area contributed by atoms with Crippen LogP contribution in [0.4, 0.5) is 0 Å². The van der Waals surface area contributed by atoms with Gasteiger partial charge < -0.3 is 0 Å². The smallest absolute Gasteiger partial charge is 0.0482 e. The quantitative estimate of drug-likeness (QED) is 0.166. The Morgan fingerprint density at radius 1 is 0.895 bits per heavy atom. The first-order valence-corrected chi connectivity index (χ1v) is 15.0. The lowest BCUT2D eigenvalue weighted by molar-refractivity contribution is 0.714. The molecule has 1 aromatic heterocycles. The van der Waals surface area contributed by atoms with Crippen molar-refractivity contribution in [3.8, 4) is 0 Å². The topological polar surface area (TPSA) is 0 Å². The van der Waals surface area contributed by atoms with E-state index in [-0.39, 0.29) is 4.75 Å². The highest BCUT2D eigenvalue weighted by Gasteiger charge is 2.39. The van der Waals surface area contributed by atoms with Crippen LogP contribution in [0.5, 0.6) is 0 Å². The van der Waals surface area contributed by atoms with Gasteiger partial charge in [0.05, 0.1) is 0 Å². The second-order valence-electron chi connectivity index (χ2n) is 10.7. The molecule has 0 saturated heterocycles. The highest BCUT2D eigenvalue weighted by atomic mass is 32.2. The molecule has 0 N–H and O–H groups in total. The molecule has 7 rings (SSSR count). The van der Waals surface area contributed by atoms with Crippen LogP contribution in [-0.4, -0.2) is 0 Å². The minimum absolute atomic E-state index is 0.0149. The maximum atomic E-state index is 3.81. The van der Waals surface area contributed by atoms with Gasteiger partial charge in [0.1, 0.15) is 0 Å². The average Bonchev–Trinajstić information content (AvgIpc) is 3.52. The zero-order valence-electron chi connectivity index (χ0n) is 21.8. The van der Waals surface area contributed by atoms with E-state index >= 15 is 0 Å². The zero-order valence-corrected chi connectivity index (χ0v) is 23.5. The van der Waals surface area contributed by atoms with E-state index in [1.54, 1.807) is 0 Å². The molecule has 0 saturated carbocycles. The molecule has 0 nitrogen and oxygen atoms in total. The van der Waals surface area contributed by atoms with Gasteiger partial charge in [0.15, 0.2) is 0 Å². The first kappa shape index (κ1) is 23.8. The van der Waals surface area contributed by atoms with E-state index in [9.17, 15) is 0 Å². The highest BCUT2D eigenvalue weighted by molar-refractivity contribution is 8.00. The summed E-state index contributed by atoms with van der Waals surface area (Å²) in [5.41, 5.74) is 5.82. The highest BCUT2D eigenvalue weighted by Crippen LogP contribution is 2.58. The summed E-state index contributed by atoms with van der Waals surface area (Å²) in [4.78, 5) is 2.97. The normalized spacial score (nSPS) is 21.0. The third kappa shape index (κ3) is 3.58. The van der Waals surface area contributed by atoms with Crippen LogP contribution in [0.15, 0.2) is 114 Å². The monoisotopic (exact) mass is 526 g/mol. The number of hydrogen-bond donors (Lipinski definition) is 0. The van der Waals surface area contributed by atoms with E-state index in [0.29, 0.717) is 5.92 Å². The van der Waals surface area contributed by atoms with Crippen molar-refractivity contribution in [1.82, 2.24) is 0 Å². The van der Waals surface area contributed by atoms with Crippen molar-refractivity contribution in [2.75, 3.05) is 0 Å². The second kappa shape index (κ2) is 9.15. The van der Waals surface area contributed by atoms with Crippen molar-refractivity contribution in [2.45, 2.75) is 42.2 Å². The molecule has 0 radical (unpaired) electrons. The lowest BCUT2D eigenvalue weighted by Gasteiger charge is -2.24. The molecule has 2 atom stereocenters. The molecule has 186 valence electrons. The number of fused-ring (bicyclic) bond motifs is 9. The number of hydrogen-bond acceptors (Lipinski definition) is 2. The molecule has 2 aliphatic rings. The van der Waals surface area contributed by atoms with Crippen LogP contribution >= 0.6 is 23.1 Å². The fourth-order valence-electron chi connectivity index (χ4n) is 6.45. The van der Waals surface area contributed by atoms with Gasteiger partial charge in [-0.25, -0.2) is 0 Å². The molecule has 0 spiro atoms. The summed E-state index contributed by atoms with van der Waals surface area (Å²) in [7, 11) is 0. The largest absolute Gasteiger partial charge is 0.139 e. The Hall–Kier alpha value is -3.33. The molecular formula is C36H30S2. The molecule has 2 heteroatoms. The Kier molecular flexibility index (Phi) is 5.72. The molecule has 1 aliphatic heterocycles.